The summed E-state index contributed by atoms with van der Waals surface area (Å²) in [6, 6.07) is 16.0. The summed E-state index contributed by atoms with van der Waals surface area (Å²) in [5.74, 6) is 1.57. The van der Waals surface area contributed by atoms with Gasteiger partial charge < -0.3 is 19.4 Å². The molecule has 0 saturated carbocycles. The number of halogens is 1. The van der Waals surface area contributed by atoms with Gasteiger partial charge in [0.25, 0.3) is 0 Å². The first-order chi connectivity index (χ1) is 17.3. The molecule has 1 amide bonds. The molecule has 4 rings (SSSR count). The number of aromatic nitrogens is 2. The zero-order valence-electron chi connectivity index (χ0n) is 21.4. The van der Waals surface area contributed by atoms with Crippen molar-refractivity contribution < 1.29 is 18.7 Å². The molecule has 7 heteroatoms. The van der Waals surface area contributed by atoms with Gasteiger partial charge in [0.2, 0.25) is 5.91 Å². The molecule has 0 spiro atoms. The second kappa shape index (κ2) is 10.8. The Morgan fingerprint density at radius 2 is 1.75 bits per heavy atom. The second-order valence-electron chi connectivity index (χ2n) is 9.00. The molecule has 1 aromatic heterocycles. The number of nitrogens with zero attached hydrogens (tertiary/aromatic N) is 2. The van der Waals surface area contributed by atoms with E-state index >= 15 is 0 Å². The van der Waals surface area contributed by atoms with E-state index in [0.29, 0.717) is 42.3 Å². The van der Waals surface area contributed by atoms with Gasteiger partial charge in [-0.2, -0.15) is 0 Å². The highest BCUT2D eigenvalue weighted by atomic mass is 19.1. The van der Waals surface area contributed by atoms with Crippen molar-refractivity contribution in [2.45, 2.75) is 39.7 Å². The Kier molecular flexibility index (Phi) is 7.58. The van der Waals surface area contributed by atoms with Crippen LogP contribution in [0.4, 0.5) is 4.39 Å². The summed E-state index contributed by atoms with van der Waals surface area (Å²) in [5, 5.41) is 3.04. The molecule has 0 radical (unpaired) electrons. The summed E-state index contributed by atoms with van der Waals surface area (Å²) >= 11 is 0. The highest BCUT2D eigenvalue weighted by Crippen LogP contribution is 2.28. The summed E-state index contributed by atoms with van der Waals surface area (Å²) in [4.78, 5) is 18.1. The third-order valence-electron chi connectivity index (χ3n) is 6.61. The molecule has 1 N–H and O–H groups in total. The predicted octanol–water partition coefficient (Wildman–Crippen LogP) is 5.32. The monoisotopic (exact) mass is 489 g/mol. The summed E-state index contributed by atoms with van der Waals surface area (Å²) in [5.41, 5.74) is 5.48. The van der Waals surface area contributed by atoms with Crippen molar-refractivity contribution in [3.63, 3.8) is 0 Å². The van der Waals surface area contributed by atoms with Crippen molar-refractivity contribution in [1.29, 1.82) is 0 Å². The molecule has 0 aliphatic heterocycles. The van der Waals surface area contributed by atoms with Crippen molar-refractivity contribution >= 4 is 16.9 Å². The number of aryl methyl sites for hydroxylation is 2. The van der Waals surface area contributed by atoms with Crippen LogP contribution in [0.5, 0.6) is 11.5 Å². The lowest BCUT2D eigenvalue weighted by Crippen LogP contribution is -2.33. The summed E-state index contributed by atoms with van der Waals surface area (Å²) in [6.45, 7) is 6.39. The van der Waals surface area contributed by atoms with Gasteiger partial charge in [0.1, 0.15) is 17.7 Å². The number of hydrogen-bond acceptors (Lipinski definition) is 4. The number of carbonyl (C=O) groups excluding carboxylic acids is 1. The molecule has 36 heavy (non-hydrogen) atoms. The minimum Gasteiger partial charge on any atom is -0.493 e. The number of nitrogens with one attached hydrogen (secondary N) is 1. The Morgan fingerprint density at radius 1 is 1.03 bits per heavy atom. The number of fused-ring (bicyclic) bond motifs is 1. The van der Waals surface area contributed by atoms with Gasteiger partial charge >= 0.3 is 0 Å². The maximum atomic E-state index is 14.4. The molecule has 0 saturated heterocycles. The highest BCUT2D eigenvalue weighted by Gasteiger charge is 2.23. The van der Waals surface area contributed by atoms with Crippen LogP contribution in [0.3, 0.4) is 0 Å². The summed E-state index contributed by atoms with van der Waals surface area (Å²) in [6.07, 6.45) is 0.937. The Bertz CT molecular complexity index is 1400. The Balaban J connectivity index is 1.57. The van der Waals surface area contributed by atoms with E-state index in [0.717, 1.165) is 27.7 Å². The van der Waals surface area contributed by atoms with E-state index in [1.54, 1.807) is 26.4 Å². The van der Waals surface area contributed by atoms with Gasteiger partial charge in [-0.3, -0.25) is 4.79 Å². The number of imidazole rings is 1. The van der Waals surface area contributed by atoms with Crippen molar-refractivity contribution in [3.05, 3.63) is 88.5 Å². The minimum absolute atomic E-state index is 0.122. The first kappa shape index (κ1) is 25.2. The van der Waals surface area contributed by atoms with Crippen LogP contribution >= 0.6 is 0 Å². The molecule has 1 heterocycles. The number of carbonyl (C=O) groups is 1. The third-order valence-corrected chi connectivity index (χ3v) is 6.61. The predicted molar refractivity (Wildman–Crippen MR) is 139 cm³/mol. The molecule has 4 aromatic rings. The molecule has 0 fully saturated rings. The van der Waals surface area contributed by atoms with Crippen molar-refractivity contribution in [1.82, 2.24) is 14.9 Å². The molecule has 1 atom stereocenters. The molecule has 188 valence electrons. The number of benzene rings is 3. The van der Waals surface area contributed by atoms with Crippen LogP contribution in [0.15, 0.2) is 54.6 Å². The first-order valence-corrected chi connectivity index (χ1v) is 12.0. The number of hydrogen-bond donors (Lipinski definition) is 1. The van der Waals surface area contributed by atoms with Gasteiger partial charge in [-0.05, 0) is 79.8 Å². The lowest BCUT2D eigenvalue weighted by molar-refractivity contribution is -0.123. The minimum atomic E-state index is -0.524. The first-order valence-electron chi connectivity index (χ1n) is 12.0. The average molecular weight is 490 g/mol. The van der Waals surface area contributed by atoms with Crippen LogP contribution in [0.1, 0.15) is 41.0 Å². The maximum Gasteiger partial charge on any atom is 0.242 e. The van der Waals surface area contributed by atoms with Crippen LogP contribution < -0.4 is 14.8 Å². The molecule has 0 aliphatic carbocycles. The normalized spacial score (nSPS) is 11.9. The molecule has 0 unspecified atom stereocenters. The van der Waals surface area contributed by atoms with E-state index in [9.17, 15) is 9.18 Å². The Labute approximate surface area is 211 Å². The molecule has 0 aliphatic rings. The lowest BCUT2D eigenvalue weighted by atomic mass is 10.1. The third kappa shape index (κ3) is 5.20. The van der Waals surface area contributed by atoms with E-state index in [2.05, 4.69) is 11.4 Å². The smallest absolute Gasteiger partial charge is 0.242 e. The van der Waals surface area contributed by atoms with Gasteiger partial charge in [-0.25, -0.2) is 9.37 Å². The molecule has 0 bridgehead atoms. The molecular formula is C29H32FN3O3. The Morgan fingerprint density at radius 3 is 2.47 bits per heavy atom. The van der Waals surface area contributed by atoms with Crippen molar-refractivity contribution in [3.8, 4) is 11.5 Å². The highest BCUT2D eigenvalue weighted by molar-refractivity contribution is 5.85. The molecule has 6 nitrogen and oxygen atoms in total. The largest absolute Gasteiger partial charge is 0.493 e. The van der Waals surface area contributed by atoms with E-state index in [1.807, 2.05) is 55.7 Å². The molecule has 3 aromatic carbocycles. The van der Waals surface area contributed by atoms with E-state index < -0.39 is 6.04 Å². The van der Waals surface area contributed by atoms with Crippen molar-refractivity contribution in [2.75, 3.05) is 20.8 Å². The molecular weight excluding hydrogens is 457 g/mol. The number of methoxy groups -OCH3 is 2. The van der Waals surface area contributed by atoms with Gasteiger partial charge in [-0.15, -0.1) is 0 Å². The fraction of sp³-hybridized carbons (Fsp3) is 0.310. The maximum absolute atomic E-state index is 14.4. The fourth-order valence-corrected chi connectivity index (χ4v) is 4.40. The van der Waals surface area contributed by atoms with Crippen LogP contribution in [-0.4, -0.2) is 36.2 Å². The number of amides is 1. The second-order valence-corrected chi connectivity index (χ2v) is 9.00. The van der Waals surface area contributed by atoms with Crippen LogP contribution in [0, 0.1) is 19.7 Å². The number of ether oxygens (including phenoxy) is 2. The zero-order valence-corrected chi connectivity index (χ0v) is 21.4. The summed E-state index contributed by atoms with van der Waals surface area (Å²) in [7, 11) is 3.20. The van der Waals surface area contributed by atoms with Gasteiger partial charge in [-0.1, -0.05) is 24.3 Å². The van der Waals surface area contributed by atoms with Crippen molar-refractivity contribution in [2.24, 2.45) is 0 Å². The lowest BCUT2D eigenvalue weighted by Gasteiger charge is -2.18. The fourth-order valence-electron chi connectivity index (χ4n) is 4.40. The standard InChI is InChI=1S/C29H32FN3O3/c1-18-14-24-25(15-19(18)2)33(28(32-24)17-22-8-6-7-9-23(22)30)20(3)29(34)31-13-12-21-10-11-26(35-4)27(16-21)36-5/h6-11,14-16,20H,12-13,17H2,1-5H3,(H,31,34)/t20-/m0/s1. The number of rotatable bonds is 9. The summed E-state index contributed by atoms with van der Waals surface area (Å²) < 4.78 is 27.0. The van der Waals surface area contributed by atoms with E-state index in [-0.39, 0.29) is 11.7 Å². The Hall–Kier alpha value is -3.87. The van der Waals surface area contributed by atoms with Crippen LogP contribution in [-0.2, 0) is 17.6 Å². The van der Waals surface area contributed by atoms with Crippen LogP contribution in [0.25, 0.3) is 11.0 Å². The average Bonchev–Trinajstić information content (AvgIpc) is 3.21. The van der Waals surface area contributed by atoms with Gasteiger partial charge in [0, 0.05) is 13.0 Å². The van der Waals surface area contributed by atoms with Crippen LogP contribution in [0.2, 0.25) is 0 Å². The van der Waals surface area contributed by atoms with E-state index in [4.69, 9.17) is 14.5 Å². The van der Waals surface area contributed by atoms with E-state index in [1.165, 1.54) is 6.07 Å². The van der Waals surface area contributed by atoms with Gasteiger partial charge in [0.05, 0.1) is 25.3 Å². The zero-order chi connectivity index (χ0) is 25.8. The SMILES string of the molecule is COc1ccc(CCNC(=O)[C@H](C)n2c(Cc3ccccc3F)nc3cc(C)c(C)cc32)cc1OC. The van der Waals surface area contributed by atoms with Gasteiger partial charge in [0.15, 0.2) is 11.5 Å². The topological polar surface area (TPSA) is 65.4 Å². The quantitative estimate of drug-likeness (QED) is 0.346.